The van der Waals surface area contributed by atoms with E-state index in [4.69, 9.17) is 0 Å². The lowest BCUT2D eigenvalue weighted by Gasteiger charge is -2.40. The minimum atomic E-state index is -0.0776. The molecule has 0 aromatic heterocycles. The van der Waals surface area contributed by atoms with E-state index in [1.165, 1.54) is 88.3 Å². The smallest absolute Gasteiger partial charge is 0.0870 e. The predicted molar refractivity (Wildman–Crippen MR) is 219 cm³/mol. The minimum absolute atomic E-state index is 0.0754. The molecule has 7 aromatic carbocycles. The fraction of sp³-hybridized carbons (Fsp3) is 0.143. The highest BCUT2D eigenvalue weighted by molar-refractivity contribution is 5.98. The highest BCUT2D eigenvalue weighted by atomic mass is 15.4. The van der Waals surface area contributed by atoms with Gasteiger partial charge in [0.05, 0.1) is 18.5 Å². The Labute approximate surface area is 306 Å². The summed E-state index contributed by atoms with van der Waals surface area (Å²) in [6, 6.07) is 51.4. The molecule has 1 fully saturated rings. The number of fused-ring (bicyclic) bond motifs is 3. The third-order valence-corrected chi connectivity index (χ3v) is 11.1. The Morgan fingerprint density at radius 1 is 0.442 bits per heavy atom. The largest absolute Gasteiger partial charge is 0.279 e. The van der Waals surface area contributed by atoms with E-state index in [9.17, 15) is 0 Å². The summed E-state index contributed by atoms with van der Waals surface area (Å²) in [7, 11) is 0. The molecule has 3 N–H and O–H groups in total. The van der Waals surface area contributed by atoms with Crippen molar-refractivity contribution in [2.75, 3.05) is 0 Å². The van der Waals surface area contributed by atoms with Gasteiger partial charge in [0.2, 0.25) is 0 Å². The Balaban J connectivity index is 1.07. The van der Waals surface area contributed by atoms with Gasteiger partial charge in [-0.3, -0.25) is 16.0 Å². The summed E-state index contributed by atoms with van der Waals surface area (Å²) in [4.78, 5) is 0. The van der Waals surface area contributed by atoms with Crippen LogP contribution in [0.4, 0.5) is 0 Å². The molecule has 1 aliphatic heterocycles. The molecule has 0 amide bonds. The van der Waals surface area contributed by atoms with Crippen molar-refractivity contribution in [2.45, 2.75) is 45.7 Å². The third kappa shape index (κ3) is 5.87. The number of allylic oxidation sites excluding steroid dienone is 4. The predicted octanol–water partition coefficient (Wildman–Crippen LogP) is 11.6. The molecule has 9 rings (SSSR count). The zero-order chi connectivity index (χ0) is 35.2. The first-order chi connectivity index (χ1) is 25.5. The topological polar surface area (TPSA) is 36.1 Å². The van der Waals surface area contributed by atoms with Crippen LogP contribution < -0.4 is 16.0 Å². The van der Waals surface area contributed by atoms with Gasteiger partial charge in [-0.2, -0.15) is 0 Å². The van der Waals surface area contributed by atoms with E-state index in [1.54, 1.807) is 0 Å². The zero-order valence-corrected chi connectivity index (χ0v) is 30.0. The van der Waals surface area contributed by atoms with Crippen LogP contribution in [0.3, 0.4) is 0 Å². The van der Waals surface area contributed by atoms with Gasteiger partial charge in [0.1, 0.15) is 0 Å². The highest BCUT2D eigenvalue weighted by Gasteiger charge is 2.30. The normalized spacial score (nSPS) is 18.6. The lowest BCUT2D eigenvalue weighted by molar-refractivity contribution is 0.204. The Morgan fingerprint density at radius 3 is 1.63 bits per heavy atom. The van der Waals surface area contributed by atoms with E-state index in [-0.39, 0.29) is 18.5 Å². The second-order valence-electron chi connectivity index (χ2n) is 14.3. The molecular formula is C49H43N3. The molecule has 254 valence electrons. The summed E-state index contributed by atoms with van der Waals surface area (Å²) < 4.78 is 0. The fourth-order valence-corrected chi connectivity index (χ4v) is 8.32. The molecule has 1 heterocycles. The van der Waals surface area contributed by atoms with Crippen LogP contribution in [0.5, 0.6) is 0 Å². The van der Waals surface area contributed by atoms with Crippen LogP contribution in [0.1, 0.15) is 64.4 Å². The molecule has 7 aromatic rings. The van der Waals surface area contributed by atoms with E-state index in [1.807, 2.05) is 0 Å². The standard InChI is InChI=1S/C49H43N3/c1-31-11-4-5-14-43-38(31)15-8-18-41(43)34-23-27-36(28-24-34)47-50-48(52-49(51-47)46-22-10-17-40-33(3)13-7-21-45(40)46)37-29-25-35(26-30-37)42-19-9-16-39-32(2)12-6-20-44(39)42/h4-13,15-30,47-52H,14H2,1-3H3. The number of hydrogen-bond acceptors (Lipinski definition) is 3. The van der Waals surface area contributed by atoms with Crippen molar-refractivity contribution in [3.05, 3.63) is 197 Å². The van der Waals surface area contributed by atoms with Crippen molar-refractivity contribution in [3.63, 3.8) is 0 Å². The van der Waals surface area contributed by atoms with Crippen LogP contribution in [0, 0.1) is 13.8 Å². The first kappa shape index (κ1) is 32.3. The second-order valence-corrected chi connectivity index (χ2v) is 14.3. The molecule has 2 aliphatic rings. The molecule has 1 aliphatic carbocycles. The van der Waals surface area contributed by atoms with E-state index < -0.39 is 0 Å². The van der Waals surface area contributed by atoms with Gasteiger partial charge in [-0.1, -0.05) is 158 Å². The minimum Gasteiger partial charge on any atom is -0.279 e. The second kappa shape index (κ2) is 13.5. The van der Waals surface area contributed by atoms with Crippen LogP contribution in [0.25, 0.3) is 49.4 Å². The van der Waals surface area contributed by atoms with Crippen molar-refractivity contribution in [3.8, 4) is 22.3 Å². The maximum atomic E-state index is 3.94. The van der Waals surface area contributed by atoms with Gasteiger partial charge in [0.15, 0.2) is 0 Å². The van der Waals surface area contributed by atoms with Crippen molar-refractivity contribution >= 4 is 27.1 Å². The quantitative estimate of drug-likeness (QED) is 0.170. The maximum Gasteiger partial charge on any atom is 0.0870 e. The summed E-state index contributed by atoms with van der Waals surface area (Å²) in [6.07, 6.45) is 7.37. The van der Waals surface area contributed by atoms with E-state index in [0.717, 1.165) is 6.42 Å². The van der Waals surface area contributed by atoms with Crippen LogP contribution in [0.15, 0.2) is 158 Å². The molecular weight excluding hydrogens is 631 g/mol. The molecule has 0 bridgehead atoms. The molecule has 3 unspecified atom stereocenters. The van der Waals surface area contributed by atoms with E-state index in [2.05, 4.69) is 194 Å². The Kier molecular flexibility index (Phi) is 8.41. The van der Waals surface area contributed by atoms with Gasteiger partial charge in [-0.25, -0.2) is 0 Å². The molecule has 3 nitrogen and oxygen atoms in total. The lowest BCUT2D eigenvalue weighted by Crippen LogP contribution is -2.54. The fourth-order valence-electron chi connectivity index (χ4n) is 8.32. The van der Waals surface area contributed by atoms with E-state index in [0.29, 0.717) is 0 Å². The van der Waals surface area contributed by atoms with Gasteiger partial charge < -0.3 is 0 Å². The van der Waals surface area contributed by atoms with Crippen molar-refractivity contribution < 1.29 is 0 Å². The first-order valence-electron chi connectivity index (χ1n) is 18.4. The van der Waals surface area contributed by atoms with Crippen molar-refractivity contribution in [1.82, 2.24) is 16.0 Å². The summed E-state index contributed by atoms with van der Waals surface area (Å²) >= 11 is 0. The number of rotatable bonds is 5. The van der Waals surface area contributed by atoms with Crippen LogP contribution >= 0.6 is 0 Å². The summed E-state index contributed by atoms with van der Waals surface area (Å²) in [5, 5.41) is 17.0. The van der Waals surface area contributed by atoms with Gasteiger partial charge in [-0.05, 0) is 116 Å². The van der Waals surface area contributed by atoms with Crippen molar-refractivity contribution in [2.24, 2.45) is 0 Å². The molecule has 3 heteroatoms. The monoisotopic (exact) mass is 673 g/mol. The average molecular weight is 674 g/mol. The van der Waals surface area contributed by atoms with Crippen LogP contribution in [-0.4, -0.2) is 0 Å². The third-order valence-electron chi connectivity index (χ3n) is 11.1. The summed E-state index contributed by atoms with van der Waals surface area (Å²) in [6.45, 7) is 6.59. The van der Waals surface area contributed by atoms with Crippen LogP contribution in [-0.2, 0) is 6.42 Å². The lowest BCUT2D eigenvalue weighted by atomic mass is 9.90. The van der Waals surface area contributed by atoms with E-state index >= 15 is 0 Å². The van der Waals surface area contributed by atoms with Crippen LogP contribution in [0.2, 0.25) is 0 Å². The maximum absolute atomic E-state index is 3.94. The molecule has 0 spiro atoms. The average Bonchev–Trinajstić information content (AvgIpc) is 3.39. The SMILES string of the molecule is CC1=CC=CCc2c1cccc2-c1ccc(C2NC(c3ccc(-c4cccc5c(C)cccc45)cc3)NC(c3cccc4c(C)cccc34)N2)cc1. The van der Waals surface area contributed by atoms with Crippen molar-refractivity contribution in [1.29, 1.82) is 0 Å². The molecule has 3 atom stereocenters. The number of hydrogen-bond donors (Lipinski definition) is 3. The van der Waals surface area contributed by atoms with Gasteiger partial charge >= 0.3 is 0 Å². The Morgan fingerprint density at radius 2 is 0.942 bits per heavy atom. The molecule has 0 saturated carbocycles. The highest BCUT2D eigenvalue weighted by Crippen LogP contribution is 2.36. The number of benzene rings is 7. The summed E-state index contributed by atoms with van der Waals surface area (Å²) in [5.74, 6) is 0. The number of aryl methyl sites for hydroxylation is 2. The number of nitrogens with one attached hydrogen (secondary N) is 3. The summed E-state index contributed by atoms with van der Waals surface area (Å²) in [5.41, 5.74) is 15.3. The molecule has 52 heavy (non-hydrogen) atoms. The Bertz CT molecular complexity index is 2510. The van der Waals surface area contributed by atoms with Gasteiger partial charge in [-0.15, -0.1) is 0 Å². The first-order valence-corrected chi connectivity index (χ1v) is 18.4. The Hall–Kier alpha value is -5.58. The molecule has 1 saturated heterocycles. The zero-order valence-electron chi connectivity index (χ0n) is 30.0. The van der Waals surface area contributed by atoms with Gasteiger partial charge in [0.25, 0.3) is 0 Å². The molecule has 0 radical (unpaired) electrons. The van der Waals surface area contributed by atoms with Gasteiger partial charge in [0, 0.05) is 0 Å².